The van der Waals surface area contributed by atoms with Crippen LogP contribution in [0.4, 0.5) is 19.0 Å². The fourth-order valence-corrected chi connectivity index (χ4v) is 3.69. The molecule has 0 radical (unpaired) electrons. The van der Waals surface area contributed by atoms with E-state index in [4.69, 9.17) is 5.41 Å². The molecule has 2 aromatic heterocycles. The molecule has 1 aliphatic rings. The van der Waals surface area contributed by atoms with Crippen LogP contribution in [-0.4, -0.2) is 39.3 Å². The lowest BCUT2D eigenvalue weighted by Gasteiger charge is -2.15. The minimum absolute atomic E-state index is 0.143. The maximum absolute atomic E-state index is 12.9. The Labute approximate surface area is 198 Å². The summed E-state index contributed by atoms with van der Waals surface area (Å²) in [5, 5.41) is 22.8. The van der Waals surface area contributed by atoms with E-state index in [1.165, 1.54) is 0 Å². The molecule has 1 fully saturated rings. The molecule has 35 heavy (non-hydrogen) atoms. The first-order valence-corrected chi connectivity index (χ1v) is 10.6. The van der Waals surface area contributed by atoms with E-state index in [-0.39, 0.29) is 11.6 Å². The van der Waals surface area contributed by atoms with Crippen molar-refractivity contribution >= 4 is 23.6 Å². The molecule has 1 aliphatic carbocycles. The lowest BCUT2D eigenvalue weighted by molar-refractivity contribution is -0.141. The summed E-state index contributed by atoms with van der Waals surface area (Å²) in [4.78, 5) is 23.0. The summed E-state index contributed by atoms with van der Waals surface area (Å²) in [7, 11) is 1.55. The van der Waals surface area contributed by atoms with Gasteiger partial charge >= 0.3 is 12.1 Å². The number of rotatable bonds is 8. The fraction of sp³-hybridized carbons (Fsp3) is 0.208. The highest BCUT2D eigenvalue weighted by Gasteiger charge is 2.51. The number of nitrogens with zero attached hydrogens (tertiary/aromatic N) is 3. The van der Waals surface area contributed by atoms with E-state index in [0.29, 0.717) is 30.3 Å². The number of aromatic nitrogens is 3. The third-order valence-corrected chi connectivity index (χ3v) is 5.81. The monoisotopic (exact) mass is 482 g/mol. The molecule has 1 aromatic carbocycles. The van der Waals surface area contributed by atoms with E-state index >= 15 is 0 Å². The number of carboxylic acids is 1. The van der Waals surface area contributed by atoms with E-state index in [1.807, 2.05) is 24.3 Å². The zero-order chi connectivity index (χ0) is 25.2. The average Bonchev–Trinajstić information content (AvgIpc) is 3.66. The Kier molecular flexibility index (Phi) is 6.25. The third-order valence-electron chi connectivity index (χ3n) is 5.81. The van der Waals surface area contributed by atoms with Gasteiger partial charge in [0.2, 0.25) is 0 Å². The van der Waals surface area contributed by atoms with Crippen molar-refractivity contribution in [3.05, 3.63) is 77.8 Å². The first-order chi connectivity index (χ1) is 16.7. The Morgan fingerprint density at radius 2 is 1.77 bits per heavy atom. The van der Waals surface area contributed by atoms with Crippen molar-refractivity contribution in [1.82, 2.24) is 20.3 Å². The molecule has 0 saturated heterocycles. The number of hydrogen-bond acceptors (Lipinski definition) is 7. The maximum Gasteiger partial charge on any atom is 0.434 e. The second kappa shape index (κ2) is 9.16. The van der Waals surface area contributed by atoms with Crippen molar-refractivity contribution in [2.75, 3.05) is 12.4 Å². The molecule has 8 nitrogen and oxygen atoms in total. The molecule has 11 heteroatoms. The summed E-state index contributed by atoms with van der Waals surface area (Å²) in [6.45, 7) is 0. The number of benzene rings is 1. The number of allylic oxidation sites excluding steroid dienone is 1. The normalized spacial score (nSPS) is 15.1. The summed E-state index contributed by atoms with van der Waals surface area (Å²) < 4.78 is 38.8. The number of carbonyl (C=O) groups is 1. The van der Waals surface area contributed by atoms with Crippen LogP contribution in [0, 0.1) is 5.41 Å². The van der Waals surface area contributed by atoms with Crippen molar-refractivity contribution in [3.8, 4) is 11.1 Å². The lowest BCUT2D eigenvalue weighted by atomic mass is 9.94. The van der Waals surface area contributed by atoms with Gasteiger partial charge in [-0.3, -0.25) is 14.8 Å². The van der Waals surface area contributed by atoms with Crippen LogP contribution in [-0.2, 0) is 16.4 Å². The van der Waals surface area contributed by atoms with Crippen LogP contribution in [0.1, 0.15) is 29.8 Å². The summed E-state index contributed by atoms with van der Waals surface area (Å²) in [5.74, 6) is -0.732. The Bertz CT molecular complexity index is 1280. The summed E-state index contributed by atoms with van der Waals surface area (Å²) in [6.07, 6.45) is 1.03. The Balaban J connectivity index is 1.58. The second-order valence-corrected chi connectivity index (χ2v) is 7.99. The van der Waals surface area contributed by atoms with E-state index in [1.54, 1.807) is 25.4 Å². The smallest absolute Gasteiger partial charge is 0.434 e. The van der Waals surface area contributed by atoms with Gasteiger partial charge in [0, 0.05) is 25.0 Å². The first-order valence-electron chi connectivity index (χ1n) is 10.6. The Morgan fingerprint density at radius 3 is 2.29 bits per heavy atom. The van der Waals surface area contributed by atoms with Crippen LogP contribution in [0.15, 0.2) is 60.8 Å². The molecule has 1 saturated carbocycles. The highest BCUT2D eigenvalue weighted by molar-refractivity contribution is 6.09. The average molecular weight is 482 g/mol. The number of hydrogen-bond donors (Lipinski definition) is 4. The highest BCUT2D eigenvalue weighted by atomic mass is 19.4. The Hall–Kier alpha value is -4.28. The quantitative estimate of drug-likeness (QED) is 0.353. The molecule has 0 atom stereocenters. The lowest BCUT2D eigenvalue weighted by Crippen LogP contribution is -2.20. The van der Waals surface area contributed by atoms with Crippen LogP contribution >= 0.6 is 0 Å². The molecule has 180 valence electrons. The number of carboxylic acid groups (broad SMARTS) is 1. The van der Waals surface area contributed by atoms with Crippen LogP contribution in [0.5, 0.6) is 0 Å². The molecule has 0 bridgehead atoms. The van der Waals surface area contributed by atoms with E-state index in [2.05, 4.69) is 25.6 Å². The highest BCUT2D eigenvalue weighted by Crippen LogP contribution is 2.48. The molecular weight excluding hydrogens is 461 g/mol. The largest absolute Gasteiger partial charge is 0.481 e. The van der Waals surface area contributed by atoms with Gasteiger partial charge in [-0.1, -0.05) is 30.3 Å². The van der Waals surface area contributed by atoms with Crippen LogP contribution < -0.4 is 10.6 Å². The predicted molar refractivity (Wildman–Crippen MR) is 124 cm³/mol. The van der Waals surface area contributed by atoms with Gasteiger partial charge in [-0.2, -0.15) is 13.2 Å². The van der Waals surface area contributed by atoms with Crippen molar-refractivity contribution in [2.45, 2.75) is 24.4 Å². The number of alkyl halides is 3. The topological polar surface area (TPSA) is 124 Å². The Morgan fingerprint density at radius 1 is 1.09 bits per heavy atom. The number of pyridine rings is 1. The van der Waals surface area contributed by atoms with E-state index in [9.17, 15) is 23.1 Å². The maximum atomic E-state index is 12.9. The zero-order valence-electron chi connectivity index (χ0n) is 18.5. The van der Waals surface area contributed by atoms with Gasteiger partial charge in [0.15, 0.2) is 11.5 Å². The predicted octanol–water partition coefficient (Wildman–Crippen LogP) is 4.32. The summed E-state index contributed by atoms with van der Waals surface area (Å²) in [6, 6.07) is 10.8. The molecule has 0 spiro atoms. The van der Waals surface area contributed by atoms with Crippen LogP contribution in [0.2, 0.25) is 0 Å². The molecule has 0 amide bonds. The molecule has 4 rings (SSSR count). The van der Waals surface area contributed by atoms with Crippen LogP contribution in [0.25, 0.3) is 16.7 Å². The van der Waals surface area contributed by atoms with Gasteiger partial charge in [0.25, 0.3) is 0 Å². The van der Waals surface area contributed by atoms with Crippen molar-refractivity contribution in [3.63, 3.8) is 0 Å². The minimum atomic E-state index is -4.64. The van der Waals surface area contributed by atoms with Crippen molar-refractivity contribution < 1.29 is 23.1 Å². The van der Waals surface area contributed by atoms with Crippen molar-refractivity contribution in [2.24, 2.45) is 0 Å². The molecule has 3 aromatic rings. The van der Waals surface area contributed by atoms with Crippen LogP contribution in [0.3, 0.4) is 0 Å². The molecule has 0 aliphatic heterocycles. The number of aliphatic carboxylic acids is 1. The minimum Gasteiger partial charge on any atom is -0.481 e. The van der Waals surface area contributed by atoms with Gasteiger partial charge in [-0.05, 0) is 30.0 Å². The van der Waals surface area contributed by atoms with E-state index < -0.39 is 23.3 Å². The van der Waals surface area contributed by atoms with Crippen molar-refractivity contribution in [1.29, 1.82) is 5.41 Å². The van der Waals surface area contributed by atoms with Gasteiger partial charge in [0.05, 0.1) is 29.1 Å². The van der Waals surface area contributed by atoms with Gasteiger partial charge < -0.3 is 21.1 Å². The standard InChI is InChI=1S/C24H21F3N6O2/c1-29-21(33-20-13-30-12-19(32-20)24(25,26)27)17(10-28)18-7-4-15(11-31-18)14-2-5-16(6-3-14)23(8-9-23)22(34)35/h2-7,10-13,28-29H,8-9H2,1H3,(H,32,33)(H,34,35)/b21-17-,28-10?. The third kappa shape index (κ3) is 4.84. The van der Waals surface area contributed by atoms with Gasteiger partial charge in [0.1, 0.15) is 5.82 Å². The molecule has 2 heterocycles. The number of anilines is 1. The molecular formula is C24H21F3N6O2. The van der Waals surface area contributed by atoms with Gasteiger partial charge in [-0.15, -0.1) is 0 Å². The second-order valence-electron chi connectivity index (χ2n) is 7.99. The van der Waals surface area contributed by atoms with Gasteiger partial charge in [-0.25, -0.2) is 4.98 Å². The molecule has 0 unspecified atom stereocenters. The fourth-order valence-electron chi connectivity index (χ4n) is 3.69. The van der Waals surface area contributed by atoms with E-state index in [0.717, 1.165) is 29.1 Å². The number of halogens is 3. The first kappa shape index (κ1) is 23.9. The summed E-state index contributed by atoms with van der Waals surface area (Å²) in [5.41, 5.74) is 1.19. The molecule has 4 N–H and O–H groups in total. The summed E-state index contributed by atoms with van der Waals surface area (Å²) >= 11 is 0. The number of nitrogens with one attached hydrogen (secondary N) is 3. The SMILES string of the molecule is CN/C(Nc1cncc(C(F)(F)F)n1)=C(\C=N)c1ccc(-c2ccc(C3(C(=O)O)CC3)cc2)cn1. The zero-order valence-corrected chi connectivity index (χ0v) is 18.5.